The van der Waals surface area contributed by atoms with Crippen LogP contribution in [0.25, 0.3) is 0 Å². The lowest BCUT2D eigenvalue weighted by molar-refractivity contribution is -0.140. The first-order valence-corrected chi connectivity index (χ1v) is 14.4. The van der Waals surface area contributed by atoms with Crippen molar-refractivity contribution in [2.75, 3.05) is 17.1 Å². The third-order valence-electron chi connectivity index (χ3n) is 5.63. The van der Waals surface area contributed by atoms with Crippen LogP contribution in [0, 0.1) is 13.8 Å². The minimum atomic E-state index is -3.56. The monoisotopic (exact) mass is 555 g/mol. The van der Waals surface area contributed by atoms with Gasteiger partial charge >= 0.3 is 0 Å². The Balaban J connectivity index is 2.25. The predicted molar refractivity (Wildman–Crippen MR) is 147 cm³/mol. The first kappa shape index (κ1) is 29.9. The molecule has 10 heteroatoms. The lowest BCUT2D eigenvalue weighted by Crippen LogP contribution is -2.49. The molecule has 0 radical (unpaired) electrons. The van der Waals surface area contributed by atoms with Crippen LogP contribution >= 0.6 is 23.2 Å². The first-order valence-electron chi connectivity index (χ1n) is 11.8. The van der Waals surface area contributed by atoms with Crippen molar-refractivity contribution in [1.82, 2.24) is 10.2 Å². The molecule has 0 spiro atoms. The van der Waals surface area contributed by atoms with Crippen molar-refractivity contribution in [3.8, 4) is 0 Å². The number of hydrogen-bond acceptors (Lipinski definition) is 4. The summed E-state index contributed by atoms with van der Waals surface area (Å²) >= 11 is 12.7. The molecule has 0 saturated heterocycles. The maximum atomic E-state index is 13.4. The fourth-order valence-corrected chi connectivity index (χ4v) is 5.41. The van der Waals surface area contributed by atoms with Gasteiger partial charge in [-0.05, 0) is 76.4 Å². The molecule has 0 fully saturated rings. The molecule has 2 aromatic rings. The zero-order chi connectivity index (χ0) is 27.2. The van der Waals surface area contributed by atoms with E-state index >= 15 is 0 Å². The topological polar surface area (TPSA) is 86.8 Å². The van der Waals surface area contributed by atoms with Crippen molar-refractivity contribution in [2.24, 2.45) is 0 Å². The highest BCUT2D eigenvalue weighted by atomic mass is 35.5. The van der Waals surface area contributed by atoms with E-state index in [2.05, 4.69) is 5.32 Å². The van der Waals surface area contributed by atoms with E-state index < -0.39 is 16.1 Å². The third kappa shape index (κ3) is 8.39. The molecule has 1 N–H and O–H groups in total. The summed E-state index contributed by atoms with van der Waals surface area (Å²) in [5.41, 5.74) is 3.00. The van der Waals surface area contributed by atoms with E-state index in [9.17, 15) is 18.0 Å². The molecule has 2 aromatic carbocycles. The van der Waals surface area contributed by atoms with Gasteiger partial charge in [0.25, 0.3) is 0 Å². The molecule has 0 aliphatic rings. The van der Waals surface area contributed by atoms with Gasteiger partial charge < -0.3 is 10.2 Å². The summed E-state index contributed by atoms with van der Waals surface area (Å²) < 4.78 is 26.4. The van der Waals surface area contributed by atoms with Crippen LogP contribution in [0.4, 0.5) is 5.69 Å². The summed E-state index contributed by atoms with van der Waals surface area (Å²) in [6, 6.07) is 9.77. The Kier molecular flexibility index (Phi) is 10.6. The lowest BCUT2D eigenvalue weighted by Gasteiger charge is -2.30. The summed E-state index contributed by atoms with van der Waals surface area (Å²) in [6.45, 7) is 9.32. The van der Waals surface area contributed by atoms with Crippen LogP contribution < -0.4 is 9.62 Å². The molecule has 0 bridgehead atoms. The van der Waals surface area contributed by atoms with Gasteiger partial charge in [0.15, 0.2) is 0 Å². The minimum Gasteiger partial charge on any atom is -0.352 e. The van der Waals surface area contributed by atoms with Gasteiger partial charge in [-0.3, -0.25) is 13.9 Å². The zero-order valence-electron chi connectivity index (χ0n) is 21.6. The normalized spacial score (nSPS) is 12.4. The number of benzene rings is 2. The molecule has 2 rings (SSSR count). The van der Waals surface area contributed by atoms with Gasteiger partial charge in [0.2, 0.25) is 21.8 Å². The average molecular weight is 557 g/mol. The second-order valence-corrected chi connectivity index (χ2v) is 12.1. The Morgan fingerprint density at radius 2 is 1.56 bits per heavy atom. The van der Waals surface area contributed by atoms with Gasteiger partial charge in [-0.2, -0.15) is 0 Å². The number of nitrogens with one attached hydrogen (secondary N) is 1. The second kappa shape index (κ2) is 12.8. The maximum Gasteiger partial charge on any atom is 0.242 e. The minimum absolute atomic E-state index is 0.0399. The van der Waals surface area contributed by atoms with Gasteiger partial charge in [0, 0.05) is 41.2 Å². The van der Waals surface area contributed by atoms with Crippen LogP contribution in [0.15, 0.2) is 36.4 Å². The number of carbonyl (C=O) groups excluding carboxylic acids is 2. The fraction of sp³-hybridized carbons (Fsp3) is 0.462. The summed E-state index contributed by atoms with van der Waals surface area (Å²) in [5, 5.41) is 3.63. The van der Waals surface area contributed by atoms with Gasteiger partial charge in [-0.1, -0.05) is 35.3 Å². The molecule has 7 nitrogen and oxygen atoms in total. The largest absolute Gasteiger partial charge is 0.352 e. The Bertz CT molecular complexity index is 1160. The molecule has 2 amide bonds. The Morgan fingerprint density at radius 3 is 2.06 bits per heavy atom. The standard InChI is InChI=1S/C26H35Cl2N3O4S/c1-17(2)29-26(33)20(5)30(16-22-23(27)9-7-10-24(22)28)25(32)11-8-12-31(36(6,34)35)21-14-18(3)13-19(4)15-21/h7,9-10,13-15,17,20H,8,11-12,16H2,1-6H3,(H,29,33)/t20-/m1/s1. The van der Waals surface area contributed by atoms with Crippen molar-refractivity contribution >= 4 is 50.7 Å². The number of aryl methyl sites for hydroxylation is 2. The molecule has 36 heavy (non-hydrogen) atoms. The number of anilines is 1. The van der Waals surface area contributed by atoms with Gasteiger partial charge in [-0.25, -0.2) is 8.42 Å². The predicted octanol–water partition coefficient (Wildman–Crippen LogP) is 5.10. The van der Waals surface area contributed by atoms with Crippen molar-refractivity contribution in [3.63, 3.8) is 0 Å². The summed E-state index contributed by atoms with van der Waals surface area (Å²) in [4.78, 5) is 27.6. The van der Waals surface area contributed by atoms with E-state index in [1.165, 1.54) is 9.21 Å². The summed E-state index contributed by atoms with van der Waals surface area (Å²) in [5.74, 6) is -0.596. The van der Waals surface area contributed by atoms with Crippen LogP contribution in [-0.2, 0) is 26.2 Å². The Hall–Kier alpha value is -2.29. The number of amides is 2. The number of carbonyl (C=O) groups is 2. The van der Waals surface area contributed by atoms with Gasteiger partial charge in [-0.15, -0.1) is 0 Å². The van der Waals surface area contributed by atoms with E-state index in [1.54, 1.807) is 37.3 Å². The number of rotatable bonds is 11. The third-order valence-corrected chi connectivity index (χ3v) is 7.54. The number of halogens is 2. The molecule has 0 aliphatic carbocycles. The van der Waals surface area contributed by atoms with E-state index in [-0.39, 0.29) is 43.8 Å². The highest BCUT2D eigenvalue weighted by Gasteiger charge is 2.28. The number of nitrogens with zero attached hydrogens (tertiary/aromatic N) is 2. The molecule has 0 saturated carbocycles. The van der Waals surface area contributed by atoms with E-state index in [0.717, 1.165) is 17.4 Å². The molecule has 1 atom stereocenters. The highest BCUT2D eigenvalue weighted by molar-refractivity contribution is 7.92. The molecule has 198 valence electrons. The highest BCUT2D eigenvalue weighted by Crippen LogP contribution is 2.27. The molecule has 0 aromatic heterocycles. The van der Waals surface area contributed by atoms with Gasteiger partial charge in [0.1, 0.15) is 6.04 Å². The van der Waals surface area contributed by atoms with Crippen molar-refractivity contribution in [2.45, 2.75) is 66.1 Å². The zero-order valence-corrected chi connectivity index (χ0v) is 24.0. The SMILES string of the molecule is Cc1cc(C)cc(N(CCCC(=O)N(Cc2c(Cl)cccc2Cl)[C@H](C)C(=O)NC(C)C)S(C)(=O)=O)c1. The number of sulfonamides is 1. The quantitative estimate of drug-likeness (QED) is 0.418. The van der Waals surface area contributed by atoms with Crippen LogP contribution in [0.2, 0.25) is 10.0 Å². The van der Waals surface area contributed by atoms with E-state index in [0.29, 0.717) is 21.3 Å². The molecular formula is C26H35Cl2N3O4S. The lowest BCUT2D eigenvalue weighted by atomic mass is 10.1. The second-order valence-electron chi connectivity index (χ2n) is 9.35. The van der Waals surface area contributed by atoms with Crippen LogP contribution in [0.1, 0.15) is 50.3 Å². The first-order chi connectivity index (χ1) is 16.7. The smallest absolute Gasteiger partial charge is 0.242 e. The van der Waals surface area contributed by atoms with E-state index in [4.69, 9.17) is 23.2 Å². The molecule has 0 aliphatic heterocycles. The van der Waals surface area contributed by atoms with Crippen molar-refractivity contribution in [3.05, 3.63) is 63.1 Å². The summed E-state index contributed by atoms with van der Waals surface area (Å²) in [6.07, 6.45) is 1.46. The van der Waals surface area contributed by atoms with Gasteiger partial charge in [0.05, 0.1) is 11.9 Å². The average Bonchev–Trinajstić information content (AvgIpc) is 2.74. The van der Waals surface area contributed by atoms with E-state index in [1.807, 2.05) is 33.8 Å². The van der Waals surface area contributed by atoms with Crippen LogP contribution in [0.5, 0.6) is 0 Å². The van der Waals surface area contributed by atoms with Crippen LogP contribution in [0.3, 0.4) is 0 Å². The molecular weight excluding hydrogens is 521 g/mol. The fourth-order valence-electron chi connectivity index (χ4n) is 3.94. The van der Waals surface area contributed by atoms with Crippen molar-refractivity contribution < 1.29 is 18.0 Å². The molecule has 0 unspecified atom stereocenters. The molecule has 0 heterocycles. The number of hydrogen-bond donors (Lipinski definition) is 1. The Labute approximate surface area is 224 Å². The van der Waals surface area contributed by atoms with Crippen LogP contribution in [-0.4, -0.2) is 50.0 Å². The summed E-state index contributed by atoms with van der Waals surface area (Å²) in [7, 11) is -3.56. The van der Waals surface area contributed by atoms with Crippen molar-refractivity contribution in [1.29, 1.82) is 0 Å². The maximum absolute atomic E-state index is 13.4. The Morgan fingerprint density at radius 1 is 1.00 bits per heavy atom.